The molecular weight excluding hydrogens is 204 g/mol. The summed E-state index contributed by atoms with van der Waals surface area (Å²) in [5.41, 5.74) is 0. The zero-order chi connectivity index (χ0) is 11.8. The van der Waals surface area contributed by atoms with Crippen LogP contribution in [-0.4, -0.2) is 30.1 Å². The number of thiocarbonyl (C=S) groups is 1. The monoisotopic (exact) mass is 230 g/mol. The van der Waals surface area contributed by atoms with Gasteiger partial charge in [0.2, 0.25) is 0 Å². The molecule has 0 heterocycles. The highest BCUT2D eigenvalue weighted by molar-refractivity contribution is 7.80. The Morgan fingerprint density at radius 2 is 1.67 bits per heavy atom. The molecule has 0 amide bonds. The van der Waals surface area contributed by atoms with Gasteiger partial charge in [-0.15, -0.1) is 0 Å². The predicted molar refractivity (Wildman–Crippen MR) is 72.1 cm³/mol. The van der Waals surface area contributed by atoms with Gasteiger partial charge in [-0.25, -0.2) is 0 Å². The van der Waals surface area contributed by atoms with Crippen molar-refractivity contribution in [3.63, 3.8) is 0 Å². The second-order valence-electron chi connectivity index (χ2n) is 5.02. The average molecular weight is 230 g/mol. The van der Waals surface area contributed by atoms with E-state index in [0.717, 1.165) is 30.0 Å². The first kappa shape index (κ1) is 14.7. The minimum atomic E-state index is 0.737. The van der Waals surface area contributed by atoms with E-state index in [0.29, 0.717) is 0 Å². The van der Waals surface area contributed by atoms with Crippen LogP contribution >= 0.6 is 12.2 Å². The van der Waals surface area contributed by atoms with Gasteiger partial charge in [-0.3, -0.25) is 0 Å². The minimum Gasteiger partial charge on any atom is -0.363 e. The number of hydrogen-bond acceptors (Lipinski definition) is 1. The molecule has 1 N–H and O–H groups in total. The molecule has 0 aliphatic heterocycles. The van der Waals surface area contributed by atoms with Crippen LogP contribution in [0.2, 0.25) is 0 Å². The SMILES string of the molecule is CC(C)CCNC(=S)N(C)CCC(C)C. The Bertz CT molecular complexity index is 178. The summed E-state index contributed by atoms with van der Waals surface area (Å²) < 4.78 is 0. The van der Waals surface area contributed by atoms with E-state index < -0.39 is 0 Å². The minimum absolute atomic E-state index is 0.737. The Morgan fingerprint density at radius 1 is 1.13 bits per heavy atom. The van der Waals surface area contributed by atoms with Crippen LogP contribution in [0.3, 0.4) is 0 Å². The molecule has 0 aromatic carbocycles. The second kappa shape index (κ2) is 7.91. The number of hydrogen-bond donors (Lipinski definition) is 1. The van der Waals surface area contributed by atoms with Gasteiger partial charge in [0.25, 0.3) is 0 Å². The van der Waals surface area contributed by atoms with Crippen molar-refractivity contribution in [1.29, 1.82) is 0 Å². The molecule has 0 atom stereocenters. The maximum atomic E-state index is 5.30. The summed E-state index contributed by atoms with van der Waals surface area (Å²) in [5, 5.41) is 4.18. The Labute approximate surface area is 100 Å². The van der Waals surface area contributed by atoms with Crippen molar-refractivity contribution in [2.24, 2.45) is 11.8 Å². The molecule has 0 aromatic rings. The van der Waals surface area contributed by atoms with E-state index in [9.17, 15) is 0 Å². The first-order valence-electron chi connectivity index (χ1n) is 5.92. The first-order chi connectivity index (χ1) is 6.93. The first-order valence-corrected chi connectivity index (χ1v) is 6.33. The van der Waals surface area contributed by atoms with E-state index >= 15 is 0 Å². The summed E-state index contributed by atoms with van der Waals surface area (Å²) in [6, 6.07) is 0. The molecule has 0 saturated heterocycles. The fourth-order valence-electron chi connectivity index (χ4n) is 1.16. The van der Waals surface area contributed by atoms with Gasteiger partial charge < -0.3 is 10.2 Å². The van der Waals surface area contributed by atoms with Gasteiger partial charge in [0.1, 0.15) is 0 Å². The summed E-state index contributed by atoms with van der Waals surface area (Å²) in [7, 11) is 2.06. The standard InChI is InChI=1S/C12H26N2S/c1-10(2)6-8-13-12(15)14(5)9-7-11(3)4/h10-11H,6-9H2,1-5H3,(H,13,15). The van der Waals surface area contributed by atoms with Crippen LogP contribution in [0.1, 0.15) is 40.5 Å². The molecule has 0 fully saturated rings. The van der Waals surface area contributed by atoms with Gasteiger partial charge in [-0.1, -0.05) is 27.7 Å². The molecule has 0 saturated carbocycles. The van der Waals surface area contributed by atoms with Crippen molar-refractivity contribution in [3.05, 3.63) is 0 Å². The van der Waals surface area contributed by atoms with Gasteiger partial charge in [-0.2, -0.15) is 0 Å². The van der Waals surface area contributed by atoms with Crippen molar-refractivity contribution in [3.8, 4) is 0 Å². The number of nitrogens with one attached hydrogen (secondary N) is 1. The van der Waals surface area contributed by atoms with Crippen molar-refractivity contribution < 1.29 is 0 Å². The highest BCUT2D eigenvalue weighted by Gasteiger charge is 2.04. The molecule has 3 heteroatoms. The van der Waals surface area contributed by atoms with E-state index in [1.165, 1.54) is 12.8 Å². The lowest BCUT2D eigenvalue weighted by Gasteiger charge is -2.22. The Morgan fingerprint density at radius 3 is 2.13 bits per heavy atom. The van der Waals surface area contributed by atoms with E-state index in [1.807, 2.05) is 0 Å². The van der Waals surface area contributed by atoms with Crippen molar-refractivity contribution in [2.45, 2.75) is 40.5 Å². The van der Waals surface area contributed by atoms with Crippen LogP contribution in [0.25, 0.3) is 0 Å². The summed E-state index contributed by atoms with van der Waals surface area (Å²) >= 11 is 5.30. The largest absolute Gasteiger partial charge is 0.363 e. The lowest BCUT2D eigenvalue weighted by molar-refractivity contribution is 0.429. The van der Waals surface area contributed by atoms with Gasteiger partial charge in [0.05, 0.1) is 0 Å². The predicted octanol–water partition coefficient (Wildman–Crippen LogP) is 2.88. The van der Waals surface area contributed by atoms with Crippen molar-refractivity contribution in [2.75, 3.05) is 20.1 Å². The second-order valence-corrected chi connectivity index (χ2v) is 5.41. The van der Waals surface area contributed by atoms with Crippen LogP contribution in [0.4, 0.5) is 0 Å². The zero-order valence-electron chi connectivity index (χ0n) is 10.8. The van der Waals surface area contributed by atoms with Gasteiger partial charge >= 0.3 is 0 Å². The van der Waals surface area contributed by atoms with Crippen molar-refractivity contribution >= 4 is 17.3 Å². The van der Waals surface area contributed by atoms with E-state index in [4.69, 9.17) is 12.2 Å². The summed E-state index contributed by atoms with van der Waals surface area (Å²) in [6.45, 7) is 11.0. The molecule has 0 rings (SSSR count). The third kappa shape index (κ3) is 8.67. The fourth-order valence-corrected chi connectivity index (χ4v) is 1.35. The zero-order valence-corrected chi connectivity index (χ0v) is 11.7. The maximum absolute atomic E-state index is 5.30. The average Bonchev–Trinajstić information content (AvgIpc) is 2.13. The fraction of sp³-hybridized carbons (Fsp3) is 0.917. The lowest BCUT2D eigenvalue weighted by Crippen LogP contribution is -2.38. The molecule has 0 radical (unpaired) electrons. The summed E-state index contributed by atoms with van der Waals surface area (Å²) in [4.78, 5) is 2.13. The topological polar surface area (TPSA) is 15.3 Å². The van der Waals surface area contributed by atoms with E-state index in [1.54, 1.807) is 0 Å². The van der Waals surface area contributed by atoms with Crippen molar-refractivity contribution in [1.82, 2.24) is 10.2 Å². The molecular formula is C12H26N2S. The van der Waals surface area contributed by atoms with Crippen LogP contribution in [0, 0.1) is 11.8 Å². The van der Waals surface area contributed by atoms with E-state index in [2.05, 4.69) is 45.0 Å². The molecule has 90 valence electrons. The molecule has 15 heavy (non-hydrogen) atoms. The smallest absolute Gasteiger partial charge is 0.168 e. The Kier molecular flexibility index (Phi) is 7.75. The highest BCUT2D eigenvalue weighted by atomic mass is 32.1. The van der Waals surface area contributed by atoms with Crippen LogP contribution < -0.4 is 5.32 Å². The number of rotatable bonds is 6. The van der Waals surface area contributed by atoms with Crippen LogP contribution in [-0.2, 0) is 0 Å². The highest BCUT2D eigenvalue weighted by Crippen LogP contribution is 2.01. The molecule has 0 aliphatic rings. The Balaban J connectivity index is 3.60. The normalized spacial score (nSPS) is 10.9. The Hall–Kier alpha value is -0.310. The van der Waals surface area contributed by atoms with Crippen LogP contribution in [0.15, 0.2) is 0 Å². The lowest BCUT2D eigenvalue weighted by atomic mass is 10.1. The molecule has 0 unspecified atom stereocenters. The molecule has 0 bridgehead atoms. The number of nitrogens with zero attached hydrogens (tertiary/aromatic N) is 1. The van der Waals surface area contributed by atoms with Gasteiger partial charge in [0.15, 0.2) is 5.11 Å². The molecule has 0 aliphatic carbocycles. The third-order valence-electron chi connectivity index (χ3n) is 2.39. The summed E-state index contributed by atoms with van der Waals surface area (Å²) in [6.07, 6.45) is 2.38. The molecule has 2 nitrogen and oxygen atoms in total. The summed E-state index contributed by atoms with van der Waals surface area (Å²) in [5.74, 6) is 1.48. The quantitative estimate of drug-likeness (QED) is 0.706. The van der Waals surface area contributed by atoms with Gasteiger partial charge in [0, 0.05) is 20.1 Å². The molecule has 0 aromatic heterocycles. The van der Waals surface area contributed by atoms with Gasteiger partial charge in [-0.05, 0) is 36.9 Å². The molecule has 0 spiro atoms. The van der Waals surface area contributed by atoms with E-state index in [-0.39, 0.29) is 0 Å². The van der Waals surface area contributed by atoms with Crippen LogP contribution in [0.5, 0.6) is 0 Å². The maximum Gasteiger partial charge on any atom is 0.168 e. The third-order valence-corrected chi connectivity index (χ3v) is 2.84.